The van der Waals surface area contributed by atoms with E-state index in [2.05, 4.69) is 179 Å². The number of rotatable bonds is 36. The van der Waals surface area contributed by atoms with Gasteiger partial charge in [0.1, 0.15) is 0 Å². The highest BCUT2D eigenvalue weighted by molar-refractivity contribution is 5.03. The molecule has 0 bridgehead atoms. The molecule has 1 unspecified atom stereocenters. The van der Waals surface area contributed by atoms with E-state index in [9.17, 15) is 0 Å². The summed E-state index contributed by atoms with van der Waals surface area (Å²) in [6.07, 6.45) is 70.5. The molecule has 0 aliphatic carbocycles. The van der Waals surface area contributed by atoms with Crippen LogP contribution in [0.1, 0.15) is 124 Å². The van der Waals surface area contributed by atoms with E-state index in [1.54, 1.807) is 0 Å². The van der Waals surface area contributed by atoms with Crippen molar-refractivity contribution in [3.63, 3.8) is 0 Å². The lowest BCUT2D eigenvalue weighted by molar-refractivity contribution is -0.0298. The Labute approximate surface area is 328 Å². The molecule has 0 aliphatic heterocycles. The van der Waals surface area contributed by atoms with Gasteiger partial charge in [0.15, 0.2) is 0 Å². The molecule has 0 aliphatic rings. The number of likely N-dealkylation sites (N-methyl/N-ethyl adjacent to an activating group) is 1. The highest BCUT2D eigenvalue weighted by atomic mass is 16.5. The van der Waals surface area contributed by atoms with Gasteiger partial charge in [0.05, 0.1) is 12.7 Å². The Hall–Kier alpha value is -3.24. The fourth-order valence-corrected chi connectivity index (χ4v) is 4.88. The summed E-state index contributed by atoms with van der Waals surface area (Å²) >= 11 is 0. The number of nitrogens with zero attached hydrogens (tertiary/aromatic N) is 1. The minimum atomic E-state index is 0.121. The molecule has 0 aromatic rings. The van der Waals surface area contributed by atoms with Crippen LogP contribution in [-0.4, -0.2) is 51.0 Å². The van der Waals surface area contributed by atoms with E-state index in [1.165, 1.54) is 0 Å². The Morgan fingerprint density at radius 2 is 0.698 bits per heavy atom. The molecule has 0 aromatic carbocycles. The fourth-order valence-electron chi connectivity index (χ4n) is 4.88. The monoisotopic (exact) mass is 726 g/mol. The summed E-state index contributed by atoms with van der Waals surface area (Å²) < 4.78 is 12.3. The van der Waals surface area contributed by atoms with Crippen LogP contribution in [0.2, 0.25) is 0 Å². The van der Waals surface area contributed by atoms with Crippen LogP contribution in [0.5, 0.6) is 0 Å². The summed E-state index contributed by atoms with van der Waals surface area (Å²) in [5, 5.41) is 0. The summed E-state index contributed by atoms with van der Waals surface area (Å²) in [6.45, 7) is 10.7. The van der Waals surface area contributed by atoms with E-state index < -0.39 is 0 Å². The second kappa shape index (κ2) is 44.9. The fraction of sp³-hybridized carbons (Fsp3) is 0.520. The predicted octanol–water partition coefficient (Wildman–Crippen LogP) is 14.3. The van der Waals surface area contributed by atoms with Crippen molar-refractivity contribution in [2.45, 2.75) is 130 Å². The molecular formula is C50H79NO2. The second-order valence-corrected chi connectivity index (χ2v) is 13.0. The van der Waals surface area contributed by atoms with Gasteiger partial charge in [0.2, 0.25) is 0 Å². The molecule has 3 nitrogen and oxygen atoms in total. The zero-order chi connectivity index (χ0) is 38.4. The van der Waals surface area contributed by atoms with Gasteiger partial charge >= 0.3 is 0 Å². The number of hydrogen-bond donors (Lipinski definition) is 0. The summed E-state index contributed by atoms with van der Waals surface area (Å²) in [7, 11) is 2.15. The topological polar surface area (TPSA) is 21.7 Å². The molecule has 0 saturated heterocycles. The molecular weight excluding hydrogens is 647 g/mol. The standard InChI is InChI=1S/C50H79NO2/c1-5-8-10-12-14-16-18-20-22-24-26-28-30-32-34-36-38-40-42-44-46-52-49-50(48-51(4)7-3)53-47-45-43-41-39-37-35-33-31-29-27-25-23-21-19-17-15-13-11-9-6-2/h8-11,14-17,20-23,26-29,32-35,38-41,50H,5-7,12-13,18-19,24-25,30-31,36-37,42-49H2,1-4H3. The molecule has 3 heteroatoms. The molecule has 0 radical (unpaired) electrons. The average Bonchev–Trinajstić information content (AvgIpc) is 3.17. The average molecular weight is 726 g/mol. The van der Waals surface area contributed by atoms with Crippen LogP contribution in [0.3, 0.4) is 0 Å². The molecule has 53 heavy (non-hydrogen) atoms. The Balaban J connectivity index is 3.91. The third-order valence-electron chi connectivity index (χ3n) is 8.08. The van der Waals surface area contributed by atoms with Gasteiger partial charge in [0, 0.05) is 19.8 Å². The van der Waals surface area contributed by atoms with E-state index in [0.29, 0.717) is 6.61 Å². The summed E-state index contributed by atoms with van der Waals surface area (Å²) in [4.78, 5) is 2.30. The van der Waals surface area contributed by atoms with Gasteiger partial charge < -0.3 is 14.4 Å². The largest absolute Gasteiger partial charge is 0.379 e. The van der Waals surface area contributed by atoms with Gasteiger partial charge in [-0.2, -0.15) is 0 Å². The highest BCUT2D eigenvalue weighted by Gasteiger charge is 2.11. The molecule has 0 spiro atoms. The zero-order valence-corrected chi connectivity index (χ0v) is 34.5. The first-order valence-corrected chi connectivity index (χ1v) is 20.9. The number of unbranched alkanes of at least 4 members (excludes halogenated alkanes) is 2. The van der Waals surface area contributed by atoms with Crippen molar-refractivity contribution in [3.8, 4) is 0 Å². The van der Waals surface area contributed by atoms with Crippen molar-refractivity contribution in [2.24, 2.45) is 0 Å². The van der Waals surface area contributed by atoms with Crippen molar-refractivity contribution in [2.75, 3.05) is 40.0 Å². The van der Waals surface area contributed by atoms with Gasteiger partial charge in [-0.15, -0.1) is 0 Å². The van der Waals surface area contributed by atoms with Gasteiger partial charge in [-0.3, -0.25) is 0 Å². The summed E-state index contributed by atoms with van der Waals surface area (Å²) in [6, 6.07) is 0. The normalized spacial score (nSPS) is 14.2. The Bertz CT molecular complexity index is 1120. The van der Waals surface area contributed by atoms with Crippen molar-refractivity contribution >= 4 is 0 Å². The minimum Gasteiger partial charge on any atom is -0.379 e. The van der Waals surface area contributed by atoms with Crippen LogP contribution in [0.25, 0.3) is 0 Å². The van der Waals surface area contributed by atoms with Crippen LogP contribution < -0.4 is 0 Å². The zero-order valence-electron chi connectivity index (χ0n) is 34.5. The van der Waals surface area contributed by atoms with Crippen molar-refractivity contribution < 1.29 is 9.47 Å². The SMILES string of the molecule is CCC=CCC=CCC=CCC=CCC=CCC=CCCCOCC(CN(C)CC)OCCCC=CCC=CCC=CCC=CCC=CCC=CCC. The molecule has 0 rings (SSSR count). The highest BCUT2D eigenvalue weighted by Crippen LogP contribution is 2.04. The first kappa shape index (κ1) is 49.8. The molecule has 0 aromatic heterocycles. The molecule has 0 fully saturated rings. The molecule has 0 N–H and O–H groups in total. The number of hydrogen-bond acceptors (Lipinski definition) is 3. The van der Waals surface area contributed by atoms with Gasteiger partial charge in [0.25, 0.3) is 0 Å². The summed E-state index contributed by atoms with van der Waals surface area (Å²) in [5.41, 5.74) is 0. The van der Waals surface area contributed by atoms with Gasteiger partial charge in [-0.05, 0) is 116 Å². The first-order chi connectivity index (χ1) is 26.2. The van der Waals surface area contributed by atoms with Crippen LogP contribution in [0, 0.1) is 0 Å². The second-order valence-electron chi connectivity index (χ2n) is 13.0. The van der Waals surface area contributed by atoms with E-state index in [-0.39, 0.29) is 6.10 Å². The molecule has 1 atom stereocenters. The quantitative estimate of drug-likeness (QED) is 0.0474. The Morgan fingerprint density at radius 3 is 1.02 bits per heavy atom. The maximum absolute atomic E-state index is 6.23. The third-order valence-corrected chi connectivity index (χ3v) is 8.08. The van der Waals surface area contributed by atoms with Crippen LogP contribution in [0.4, 0.5) is 0 Å². The lowest BCUT2D eigenvalue weighted by atomic mass is 10.2. The molecule has 0 saturated carbocycles. The van der Waals surface area contributed by atoms with E-state index in [4.69, 9.17) is 9.47 Å². The minimum absolute atomic E-state index is 0.121. The number of allylic oxidation sites excluding steroid dienone is 24. The van der Waals surface area contributed by atoms with Crippen molar-refractivity contribution in [1.82, 2.24) is 4.90 Å². The Kier molecular flexibility index (Phi) is 42.2. The third kappa shape index (κ3) is 43.1. The first-order valence-electron chi connectivity index (χ1n) is 20.9. The van der Waals surface area contributed by atoms with E-state index in [0.717, 1.165) is 129 Å². The smallest absolute Gasteiger partial charge is 0.0934 e. The lowest BCUT2D eigenvalue weighted by Crippen LogP contribution is -2.34. The maximum atomic E-state index is 6.23. The molecule has 0 heterocycles. The van der Waals surface area contributed by atoms with Crippen LogP contribution in [0.15, 0.2) is 146 Å². The molecule has 296 valence electrons. The number of ether oxygens (including phenoxy) is 2. The maximum Gasteiger partial charge on any atom is 0.0934 e. The van der Waals surface area contributed by atoms with Gasteiger partial charge in [-0.25, -0.2) is 0 Å². The lowest BCUT2D eigenvalue weighted by Gasteiger charge is -2.23. The predicted molar refractivity (Wildman–Crippen MR) is 239 cm³/mol. The van der Waals surface area contributed by atoms with E-state index in [1.807, 2.05) is 0 Å². The van der Waals surface area contributed by atoms with Gasteiger partial charge in [-0.1, -0.05) is 167 Å². The molecule has 0 amide bonds. The van der Waals surface area contributed by atoms with Crippen molar-refractivity contribution in [3.05, 3.63) is 146 Å². The van der Waals surface area contributed by atoms with Crippen LogP contribution in [-0.2, 0) is 9.47 Å². The van der Waals surface area contributed by atoms with E-state index >= 15 is 0 Å². The van der Waals surface area contributed by atoms with Crippen LogP contribution >= 0.6 is 0 Å². The summed E-state index contributed by atoms with van der Waals surface area (Å²) in [5.74, 6) is 0. The Morgan fingerprint density at radius 1 is 0.396 bits per heavy atom. The van der Waals surface area contributed by atoms with Crippen molar-refractivity contribution in [1.29, 1.82) is 0 Å².